The van der Waals surface area contributed by atoms with Crippen molar-refractivity contribution in [1.29, 1.82) is 0 Å². The molecule has 6 heteroatoms. The van der Waals surface area contributed by atoms with Crippen molar-refractivity contribution in [1.82, 2.24) is 10.6 Å². The van der Waals surface area contributed by atoms with Crippen molar-refractivity contribution >= 4 is 12.0 Å². The maximum atomic E-state index is 12.7. The van der Waals surface area contributed by atoms with Crippen LogP contribution in [0.15, 0.2) is 48.5 Å². The molecule has 0 atom stereocenters. The highest BCUT2D eigenvalue weighted by molar-refractivity contribution is 5.87. The van der Waals surface area contributed by atoms with Crippen LogP contribution in [0.2, 0.25) is 0 Å². The molecule has 32 heavy (non-hydrogen) atoms. The van der Waals surface area contributed by atoms with E-state index in [-0.39, 0.29) is 23.7 Å². The summed E-state index contributed by atoms with van der Waals surface area (Å²) in [4.78, 5) is 23.6. The van der Waals surface area contributed by atoms with E-state index >= 15 is 0 Å². The van der Waals surface area contributed by atoms with Gasteiger partial charge in [0.1, 0.15) is 5.75 Å². The highest BCUT2D eigenvalue weighted by Gasteiger charge is 2.27. The van der Waals surface area contributed by atoms with Gasteiger partial charge in [-0.2, -0.15) is 0 Å². The Morgan fingerprint density at radius 2 is 1.69 bits per heavy atom. The Hall–Kier alpha value is -3.02. The topological polar surface area (TPSA) is 87.7 Å². The molecule has 0 aromatic heterocycles. The summed E-state index contributed by atoms with van der Waals surface area (Å²) in [7, 11) is 0. The number of nitrogens with one attached hydrogen (secondary N) is 2. The van der Waals surface area contributed by atoms with Gasteiger partial charge in [-0.15, -0.1) is 0 Å². The van der Waals surface area contributed by atoms with Crippen LogP contribution in [0.1, 0.15) is 80.8 Å². The van der Waals surface area contributed by atoms with Crippen LogP contribution in [-0.4, -0.2) is 29.3 Å². The zero-order valence-electron chi connectivity index (χ0n) is 19.4. The fourth-order valence-electron chi connectivity index (χ4n) is 4.06. The molecule has 0 bridgehead atoms. The van der Waals surface area contributed by atoms with Gasteiger partial charge in [0.2, 0.25) is 0 Å². The SMILES string of the molecule is CC(C)c1cccc(C(C)(C)NC(=O)N[C@H]2CC[C@H](Oc3ccc(C(=O)O)cc3)CC2)c1. The molecule has 1 fully saturated rings. The van der Waals surface area contributed by atoms with Gasteiger partial charge in [0, 0.05) is 6.04 Å². The van der Waals surface area contributed by atoms with E-state index in [9.17, 15) is 9.59 Å². The molecule has 0 unspecified atom stereocenters. The number of carbonyl (C=O) groups excluding carboxylic acids is 1. The van der Waals surface area contributed by atoms with Gasteiger partial charge in [0.25, 0.3) is 0 Å². The quantitative estimate of drug-likeness (QED) is 0.538. The molecule has 172 valence electrons. The average molecular weight is 439 g/mol. The number of benzene rings is 2. The summed E-state index contributed by atoms with van der Waals surface area (Å²) in [5.74, 6) is 0.166. The van der Waals surface area contributed by atoms with Crippen molar-refractivity contribution in [2.75, 3.05) is 0 Å². The minimum atomic E-state index is -0.947. The third-order valence-electron chi connectivity index (χ3n) is 6.11. The number of rotatable bonds is 7. The van der Waals surface area contributed by atoms with E-state index in [2.05, 4.69) is 42.7 Å². The van der Waals surface area contributed by atoms with Crippen LogP contribution < -0.4 is 15.4 Å². The number of carboxylic acids is 1. The molecule has 3 rings (SSSR count). The summed E-state index contributed by atoms with van der Waals surface area (Å²) < 4.78 is 5.99. The number of aromatic carboxylic acids is 1. The van der Waals surface area contributed by atoms with E-state index in [1.54, 1.807) is 24.3 Å². The lowest BCUT2D eigenvalue weighted by Crippen LogP contribution is -2.50. The van der Waals surface area contributed by atoms with Gasteiger partial charge in [-0.3, -0.25) is 0 Å². The number of ether oxygens (including phenoxy) is 1. The second-order valence-electron chi connectivity index (χ2n) is 9.42. The number of hydrogen-bond donors (Lipinski definition) is 3. The highest BCUT2D eigenvalue weighted by atomic mass is 16.5. The predicted molar refractivity (Wildman–Crippen MR) is 125 cm³/mol. The van der Waals surface area contributed by atoms with Crippen molar-refractivity contribution < 1.29 is 19.4 Å². The molecule has 1 aliphatic rings. The maximum Gasteiger partial charge on any atom is 0.335 e. The Balaban J connectivity index is 1.47. The molecule has 1 aliphatic carbocycles. The van der Waals surface area contributed by atoms with Crippen LogP contribution in [0.25, 0.3) is 0 Å². The molecule has 0 saturated heterocycles. The number of amides is 2. The lowest BCUT2D eigenvalue weighted by molar-refractivity contribution is 0.0696. The summed E-state index contributed by atoms with van der Waals surface area (Å²) in [6.07, 6.45) is 3.43. The number of hydrogen-bond acceptors (Lipinski definition) is 3. The minimum Gasteiger partial charge on any atom is -0.490 e. The Morgan fingerprint density at radius 3 is 2.28 bits per heavy atom. The Labute approximate surface area is 190 Å². The fourth-order valence-corrected chi connectivity index (χ4v) is 4.06. The predicted octanol–water partition coefficient (Wildman–Crippen LogP) is 5.43. The highest BCUT2D eigenvalue weighted by Crippen LogP contribution is 2.26. The van der Waals surface area contributed by atoms with Crippen LogP contribution in [0.3, 0.4) is 0 Å². The Bertz CT molecular complexity index is 929. The molecule has 2 aromatic carbocycles. The maximum absolute atomic E-state index is 12.7. The van der Waals surface area contributed by atoms with Gasteiger partial charge >= 0.3 is 12.0 Å². The zero-order chi connectivity index (χ0) is 23.3. The largest absolute Gasteiger partial charge is 0.490 e. The van der Waals surface area contributed by atoms with Crippen molar-refractivity contribution in [3.63, 3.8) is 0 Å². The zero-order valence-corrected chi connectivity index (χ0v) is 19.4. The molecule has 2 aromatic rings. The molecule has 1 saturated carbocycles. The third kappa shape index (κ3) is 6.25. The molecule has 6 nitrogen and oxygen atoms in total. The van der Waals surface area contributed by atoms with Crippen molar-refractivity contribution in [2.45, 2.75) is 77.0 Å². The summed E-state index contributed by atoms with van der Waals surface area (Å²) in [5, 5.41) is 15.2. The van der Waals surface area contributed by atoms with Crippen molar-refractivity contribution in [2.24, 2.45) is 0 Å². The van der Waals surface area contributed by atoms with Gasteiger partial charge in [-0.1, -0.05) is 38.1 Å². The normalized spacial score (nSPS) is 18.8. The molecule has 3 N–H and O–H groups in total. The van der Waals surface area contributed by atoms with Gasteiger partial charge in [-0.25, -0.2) is 9.59 Å². The van der Waals surface area contributed by atoms with E-state index in [4.69, 9.17) is 9.84 Å². The van der Waals surface area contributed by atoms with E-state index < -0.39 is 11.5 Å². The average Bonchev–Trinajstić information content (AvgIpc) is 2.75. The van der Waals surface area contributed by atoms with Crippen molar-refractivity contribution in [3.8, 4) is 5.75 Å². The first-order valence-electron chi connectivity index (χ1n) is 11.3. The van der Waals surface area contributed by atoms with E-state index in [1.807, 2.05) is 19.9 Å². The fraction of sp³-hybridized carbons (Fsp3) is 0.462. The summed E-state index contributed by atoms with van der Waals surface area (Å²) in [6, 6.07) is 14.8. The second-order valence-corrected chi connectivity index (χ2v) is 9.42. The second kappa shape index (κ2) is 10.1. The Morgan fingerprint density at radius 1 is 1.03 bits per heavy atom. The number of carbonyl (C=O) groups is 2. The minimum absolute atomic E-state index is 0.0713. The molecule has 0 radical (unpaired) electrons. The molecular formula is C26H34N2O4. The first-order chi connectivity index (χ1) is 15.1. The van der Waals surface area contributed by atoms with Crippen LogP contribution in [0.5, 0.6) is 5.75 Å². The molecule has 0 heterocycles. The van der Waals surface area contributed by atoms with E-state index in [1.165, 1.54) is 5.56 Å². The lowest BCUT2D eigenvalue weighted by atomic mass is 9.90. The van der Waals surface area contributed by atoms with Crippen molar-refractivity contribution in [3.05, 3.63) is 65.2 Å². The molecular weight excluding hydrogens is 404 g/mol. The van der Waals surface area contributed by atoms with Crippen LogP contribution in [0.4, 0.5) is 4.79 Å². The standard InChI is InChI=1S/C26H34N2O4/c1-17(2)19-6-5-7-20(16-19)26(3,4)28-25(31)27-21-10-14-23(15-11-21)32-22-12-8-18(9-13-22)24(29)30/h5-9,12-13,16-17,21,23H,10-11,14-15H2,1-4H3,(H,29,30)(H2,27,28,31)/t21-,23-. The Kier molecular flexibility index (Phi) is 7.44. The van der Waals surface area contributed by atoms with Crippen LogP contribution >= 0.6 is 0 Å². The first-order valence-corrected chi connectivity index (χ1v) is 11.3. The smallest absolute Gasteiger partial charge is 0.335 e. The summed E-state index contributed by atoms with van der Waals surface area (Å²) in [6.45, 7) is 8.37. The lowest BCUT2D eigenvalue weighted by Gasteiger charge is -2.32. The first kappa shape index (κ1) is 23.6. The molecule has 0 spiro atoms. The third-order valence-corrected chi connectivity index (χ3v) is 6.11. The monoisotopic (exact) mass is 438 g/mol. The molecule has 0 aliphatic heterocycles. The van der Waals surface area contributed by atoms with Gasteiger partial charge in [0.05, 0.1) is 17.2 Å². The van der Waals surface area contributed by atoms with Gasteiger partial charge in [-0.05, 0) is 80.8 Å². The van der Waals surface area contributed by atoms with E-state index in [0.29, 0.717) is 11.7 Å². The number of carboxylic acid groups (broad SMARTS) is 1. The number of urea groups is 1. The van der Waals surface area contributed by atoms with Gasteiger partial charge in [0.15, 0.2) is 0 Å². The summed E-state index contributed by atoms with van der Waals surface area (Å²) >= 11 is 0. The summed E-state index contributed by atoms with van der Waals surface area (Å²) in [5.41, 5.74) is 2.12. The molecule has 2 amide bonds. The van der Waals surface area contributed by atoms with E-state index in [0.717, 1.165) is 31.2 Å². The van der Waals surface area contributed by atoms with Gasteiger partial charge < -0.3 is 20.5 Å². The van der Waals surface area contributed by atoms with Crippen LogP contribution in [-0.2, 0) is 5.54 Å². The van der Waals surface area contributed by atoms with Crippen LogP contribution in [0, 0.1) is 0 Å².